The fraction of sp³-hybridized carbons (Fsp3) is 0.929. The van der Waals surface area contributed by atoms with E-state index >= 15 is 0 Å². The van der Waals surface area contributed by atoms with Crippen LogP contribution < -0.4 is 5.32 Å². The molecule has 0 aromatic carbocycles. The second-order valence-electron chi connectivity index (χ2n) is 5.54. The zero-order valence-corrected chi connectivity index (χ0v) is 12.3. The van der Waals surface area contributed by atoms with Crippen molar-refractivity contribution in [2.75, 3.05) is 33.8 Å². The number of carbonyl (C=O) groups excluding carboxylic acids is 1. The Morgan fingerprint density at radius 1 is 1.56 bits per heavy atom. The molecule has 0 spiro atoms. The number of nitrogens with one attached hydrogen (secondary N) is 1. The predicted molar refractivity (Wildman–Crippen MR) is 73.6 cm³/mol. The van der Waals surface area contributed by atoms with Gasteiger partial charge in [0.05, 0.1) is 7.11 Å². The van der Waals surface area contributed by atoms with Crippen LogP contribution in [0.25, 0.3) is 0 Å². The second-order valence-corrected chi connectivity index (χ2v) is 5.54. The summed E-state index contributed by atoms with van der Waals surface area (Å²) in [7, 11) is 3.27. The van der Waals surface area contributed by atoms with Crippen molar-refractivity contribution >= 4 is 5.97 Å². The van der Waals surface area contributed by atoms with Gasteiger partial charge >= 0.3 is 5.97 Å². The lowest BCUT2D eigenvalue weighted by Crippen LogP contribution is -2.48. The van der Waals surface area contributed by atoms with E-state index in [1.54, 1.807) is 0 Å². The van der Waals surface area contributed by atoms with E-state index in [0.717, 1.165) is 25.3 Å². The van der Waals surface area contributed by atoms with E-state index in [1.807, 2.05) is 14.0 Å². The number of hydrogen-bond acceptors (Lipinski definition) is 4. The summed E-state index contributed by atoms with van der Waals surface area (Å²) in [6.07, 6.45) is 4.47. The maximum atomic E-state index is 11.7. The fourth-order valence-corrected chi connectivity index (χ4v) is 2.66. The van der Waals surface area contributed by atoms with Crippen molar-refractivity contribution in [1.29, 1.82) is 0 Å². The summed E-state index contributed by atoms with van der Waals surface area (Å²) in [5.74, 6) is 0.708. The van der Waals surface area contributed by atoms with Crippen LogP contribution in [-0.4, -0.2) is 50.2 Å². The van der Waals surface area contributed by atoms with Crippen molar-refractivity contribution in [1.82, 2.24) is 10.2 Å². The lowest BCUT2D eigenvalue weighted by molar-refractivity contribution is -0.148. The molecule has 0 aromatic rings. The van der Waals surface area contributed by atoms with Crippen LogP contribution in [0.3, 0.4) is 0 Å². The van der Waals surface area contributed by atoms with Crippen LogP contribution in [0.1, 0.15) is 39.5 Å². The molecule has 1 rings (SSSR count). The minimum absolute atomic E-state index is 0.169. The molecule has 18 heavy (non-hydrogen) atoms. The number of hydrogen-bond donors (Lipinski definition) is 1. The molecule has 1 fully saturated rings. The monoisotopic (exact) mass is 256 g/mol. The Labute approximate surface area is 111 Å². The quantitative estimate of drug-likeness (QED) is 0.703. The van der Waals surface area contributed by atoms with Gasteiger partial charge in [0, 0.05) is 6.54 Å². The van der Waals surface area contributed by atoms with Gasteiger partial charge in [0.25, 0.3) is 0 Å². The highest BCUT2D eigenvalue weighted by atomic mass is 16.5. The van der Waals surface area contributed by atoms with Crippen LogP contribution in [0, 0.1) is 5.92 Å². The summed E-state index contributed by atoms with van der Waals surface area (Å²) in [4.78, 5) is 14.2. The molecule has 1 aliphatic rings. The molecule has 0 aliphatic carbocycles. The van der Waals surface area contributed by atoms with Gasteiger partial charge in [0.15, 0.2) is 0 Å². The molecular weight excluding hydrogens is 228 g/mol. The van der Waals surface area contributed by atoms with Crippen molar-refractivity contribution in [3.8, 4) is 0 Å². The first kappa shape index (κ1) is 15.4. The summed E-state index contributed by atoms with van der Waals surface area (Å²) in [5.41, 5.74) is -0.543. The third-order valence-electron chi connectivity index (χ3n) is 4.29. The zero-order valence-electron chi connectivity index (χ0n) is 12.3. The lowest BCUT2D eigenvalue weighted by Gasteiger charge is -2.27. The van der Waals surface area contributed by atoms with Gasteiger partial charge in [0.1, 0.15) is 5.54 Å². The van der Waals surface area contributed by atoms with Crippen molar-refractivity contribution in [2.45, 2.75) is 45.1 Å². The molecule has 0 radical (unpaired) electrons. The largest absolute Gasteiger partial charge is 0.468 e. The average Bonchev–Trinajstić information content (AvgIpc) is 2.85. The van der Waals surface area contributed by atoms with E-state index in [0.29, 0.717) is 0 Å². The van der Waals surface area contributed by atoms with Crippen LogP contribution in [0.15, 0.2) is 0 Å². The van der Waals surface area contributed by atoms with Crippen molar-refractivity contribution in [3.63, 3.8) is 0 Å². The molecule has 1 aliphatic heterocycles. The number of rotatable bonds is 7. The highest BCUT2D eigenvalue weighted by Gasteiger charge is 2.32. The molecule has 1 heterocycles. The first-order chi connectivity index (χ1) is 8.55. The molecule has 0 saturated carbocycles. The summed E-state index contributed by atoms with van der Waals surface area (Å²) in [6, 6.07) is 0. The third-order valence-corrected chi connectivity index (χ3v) is 4.29. The number of nitrogens with zero attached hydrogens (tertiary/aromatic N) is 1. The molecule has 2 atom stereocenters. The van der Waals surface area contributed by atoms with Crippen LogP contribution >= 0.6 is 0 Å². The van der Waals surface area contributed by atoms with E-state index in [4.69, 9.17) is 4.74 Å². The van der Waals surface area contributed by atoms with Crippen molar-refractivity contribution < 1.29 is 9.53 Å². The molecule has 4 heteroatoms. The molecule has 2 unspecified atom stereocenters. The summed E-state index contributed by atoms with van der Waals surface area (Å²) >= 11 is 0. The Morgan fingerprint density at radius 2 is 2.28 bits per heavy atom. The smallest absolute Gasteiger partial charge is 0.325 e. The Bertz CT molecular complexity index is 271. The molecule has 0 amide bonds. The van der Waals surface area contributed by atoms with Crippen LogP contribution in [0.2, 0.25) is 0 Å². The number of esters is 1. The molecule has 1 N–H and O–H groups in total. The Morgan fingerprint density at radius 3 is 2.78 bits per heavy atom. The molecule has 106 valence electrons. The van der Waals surface area contributed by atoms with E-state index in [-0.39, 0.29) is 5.97 Å². The zero-order chi connectivity index (χ0) is 13.6. The van der Waals surface area contributed by atoms with Crippen LogP contribution in [0.5, 0.6) is 0 Å². The summed E-state index contributed by atoms with van der Waals surface area (Å²) in [6.45, 7) is 7.71. The molecule has 0 aromatic heterocycles. The molecule has 1 saturated heterocycles. The maximum Gasteiger partial charge on any atom is 0.325 e. The highest BCUT2D eigenvalue weighted by molar-refractivity contribution is 5.80. The minimum atomic E-state index is -0.543. The highest BCUT2D eigenvalue weighted by Crippen LogP contribution is 2.20. The van der Waals surface area contributed by atoms with E-state index in [1.165, 1.54) is 33.0 Å². The van der Waals surface area contributed by atoms with Gasteiger partial charge in [-0.2, -0.15) is 0 Å². The van der Waals surface area contributed by atoms with Crippen molar-refractivity contribution in [3.05, 3.63) is 0 Å². The first-order valence-corrected chi connectivity index (χ1v) is 7.05. The molecule has 0 bridgehead atoms. The van der Waals surface area contributed by atoms with Gasteiger partial charge in [-0.05, 0) is 52.2 Å². The van der Waals surface area contributed by atoms with Gasteiger partial charge in [-0.1, -0.05) is 13.3 Å². The number of carbonyl (C=O) groups is 1. The van der Waals surface area contributed by atoms with E-state index in [9.17, 15) is 4.79 Å². The van der Waals surface area contributed by atoms with Gasteiger partial charge in [-0.25, -0.2) is 0 Å². The molecular formula is C14H28N2O2. The lowest BCUT2D eigenvalue weighted by atomic mass is 9.96. The van der Waals surface area contributed by atoms with Crippen LogP contribution in [-0.2, 0) is 9.53 Å². The number of likely N-dealkylation sites (tertiary alicyclic amines) is 1. The average molecular weight is 256 g/mol. The predicted octanol–water partition coefficient (Wildman–Crippen LogP) is 1.65. The number of likely N-dealkylation sites (N-methyl/N-ethyl adjacent to an activating group) is 1. The number of ether oxygens (including phenoxy) is 1. The minimum Gasteiger partial charge on any atom is -0.468 e. The first-order valence-electron chi connectivity index (χ1n) is 7.05. The summed E-state index contributed by atoms with van der Waals surface area (Å²) in [5, 5.41) is 3.08. The Balaban J connectivity index is 2.30. The standard InChI is InChI=1S/C14H28N2O2/c1-5-12-7-10-16(11-12)9-6-8-14(2,15-3)13(17)18-4/h12,15H,5-11H2,1-4H3. The maximum absolute atomic E-state index is 11.7. The Hall–Kier alpha value is -0.610. The van der Waals surface area contributed by atoms with Crippen LogP contribution in [0.4, 0.5) is 0 Å². The number of methoxy groups -OCH3 is 1. The van der Waals surface area contributed by atoms with Gasteiger partial charge in [-0.15, -0.1) is 0 Å². The SMILES string of the molecule is CCC1CCN(CCCC(C)(NC)C(=O)OC)C1. The van der Waals surface area contributed by atoms with E-state index < -0.39 is 5.54 Å². The molecule has 4 nitrogen and oxygen atoms in total. The third kappa shape index (κ3) is 3.95. The summed E-state index contributed by atoms with van der Waals surface area (Å²) < 4.78 is 4.85. The second kappa shape index (κ2) is 7.10. The topological polar surface area (TPSA) is 41.6 Å². The van der Waals surface area contributed by atoms with Gasteiger partial charge in [-0.3, -0.25) is 4.79 Å². The van der Waals surface area contributed by atoms with E-state index in [2.05, 4.69) is 17.1 Å². The van der Waals surface area contributed by atoms with Gasteiger partial charge < -0.3 is 15.0 Å². The Kier molecular flexibility index (Phi) is 6.09. The fourth-order valence-electron chi connectivity index (χ4n) is 2.66. The normalized spacial score (nSPS) is 23.9. The van der Waals surface area contributed by atoms with Gasteiger partial charge in [0.2, 0.25) is 0 Å². The van der Waals surface area contributed by atoms with Crippen molar-refractivity contribution in [2.24, 2.45) is 5.92 Å².